The summed E-state index contributed by atoms with van der Waals surface area (Å²) < 4.78 is 10.6. The van der Waals surface area contributed by atoms with Gasteiger partial charge in [-0.2, -0.15) is 4.98 Å². The minimum absolute atomic E-state index is 0.291. The van der Waals surface area contributed by atoms with Crippen molar-refractivity contribution in [3.05, 3.63) is 58.4 Å². The highest BCUT2D eigenvalue weighted by Crippen LogP contribution is 2.34. The predicted molar refractivity (Wildman–Crippen MR) is 110 cm³/mol. The van der Waals surface area contributed by atoms with E-state index in [9.17, 15) is 4.79 Å². The lowest BCUT2D eigenvalue weighted by Crippen LogP contribution is -2.34. The molecule has 4 rings (SSSR count). The van der Waals surface area contributed by atoms with E-state index in [2.05, 4.69) is 15.5 Å². The van der Waals surface area contributed by atoms with Crippen LogP contribution in [0.15, 0.2) is 47.0 Å². The fourth-order valence-corrected chi connectivity index (χ4v) is 3.63. The Labute approximate surface area is 177 Å². The second kappa shape index (κ2) is 8.31. The van der Waals surface area contributed by atoms with Crippen molar-refractivity contribution in [2.24, 2.45) is 0 Å². The van der Waals surface area contributed by atoms with Crippen LogP contribution in [0.3, 0.4) is 0 Å². The summed E-state index contributed by atoms with van der Waals surface area (Å²) >= 11 is 12.2. The van der Waals surface area contributed by atoms with Gasteiger partial charge in [-0.1, -0.05) is 34.4 Å². The molecule has 29 heavy (non-hydrogen) atoms. The molecule has 1 saturated heterocycles. The fourth-order valence-electron chi connectivity index (χ4n) is 3.28. The van der Waals surface area contributed by atoms with Gasteiger partial charge in [0.15, 0.2) is 0 Å². The maximum Gasteiger partial charge on any atom is 0.322 e. The van der Waals surface area contributed by atoms with Crippen molar-refractivity contribution in [3.8, 4) is 17.1 Å². The zero-order valence-corrected chi connectivity index (χ0v) is 17.1. The van der Waals surface area contributed by atoms with E-state index in [1.165, 1.54) is 0 Å². The molecular weight excluding hydrogens is 415 g/mol. The molecule has 1 aliphatic heterocycles. The number of halogens is 2. The minimum atomic E-state index is -0.299. The minimum Gasteiger partial charge on any atom is -0.497 e. The van der Waals surface area contributed by atoms with Gasteiger partial charge in [0.2, 0.25) is 11.7 Å². The van der Waals surface area contributed by atoms with E-state index in [1.54, 1.807) is 30.2 Å². The largest absolute Gasteiger partial charge is 0.497 e. The molecule has 1 N–H and O–H groups in total. The average molecular weight is 433 g/mol. The van der Waals surface area contributed by atoms with Crippen molar-refractivity contribution < 1.29 is 14.1 Å². The number of hydrogen-bond donors (Lipinski definition) is 1. The van der Waals surface area contributed by atoms with Crippen LogP contribution in [0.25, 0.3) is 11.4 Å². The smallest absolute Gasteiger partial charge is 0.322 e. The molecule has 1 atom stereocenters. The summed E-state index contributed by atoms with van der Waals surface area (Å²) in [4.78, 5) is 19.0. The number of nitrogens with one attached hydrogen (secondary N) is 1. The van der Waals surface area contributed by atoms with Gasteiger partial charge in [0.1, 0.15) is 11.8 Å². The van der Waals surface area contributed by atoms with E-state index in [-0.39, 0.29) is 12.1 Å². The number of likely N-dealkylation sites (tertiary alicyclic amines) is 1. The molecule has 2 aromatic carbocycles. The predicted octanol–water partition coefficient (Wildman–Crippen LogP) is 5.42. The van der Waals surface area contributed by atoms with Gasteiger partial charge in [0, 0.05) is 12.1 Å². The Balaban J connectivity index is 1.51. The summed E-state index contributed by atoms with van der Waals surface area (Å²) in [6.07, 6.45) is 1.57. The first-order valence-corrected chi connectivity index (χ1v) is 9.82. The van der Waals surface area contributed by atoms with Gasteiger partial charge in [-0.25, -0.2) is 4.79 Å². The number of methoxy groups -OCH3 is 1. The number of nitrogens with zero attached hydrogens (tertiary/aromatic N) is 3. The number of amides is 2. The summed E-state index contributed by atoms with van der Waals surface area (Å²) in [5.41, 5.74) is 1.26. The number of urea groups is 1. The number of benzene rings is 2. The molecule has 3 aromatic rings. The Morgan fingerprint density at radius 3 is 2.79 bits per heavy atom. The zero-order chi connectivity index (χ0) is 20.4. The van der Waals surface area contributed by atoms with Gasteiger partial charge < -0.3 is 19.5 Å². The van der Waals surface area contributed by atoms with Crippen molar-refractivity contribution in [1.82, 2.24) is 15.0 Å². The molecule has 9 heteroatoms. The van der Waals surface area contributed by atoms with E-state index in [0.717, 1.165) is 24.2 Å². The molecule has 1 aromatic heterocycles. The van der Waals surface area contributed by atoms with Crippen molar-refractivity contribution in [2.75, 3.05) is 19.0 Å². The molecule has 150 valence electrons. The second-order valence-corrected chi connectivity index (χ2v) is 7.35. The quantitative estimate of drug-likeness (QED) is 0.594. The molecule has 0 spiro atoms. The number of carbonyl (C=O) groups is 1. The van der Waals surface area contributed by atoms with Crippen molar-refractivity contribution in [2.45, 2.75) is 18.9 Å². The van der Waals surface area contributed by atoms with E-state index < -0.39 is 0 Å². The van der Waals surface area contributed by atoms with E-state index in [1.807, 2.05) is 24.3 Å². The van der Waals surface area contributed by atoms with Crippen LogP contribution < -0.4 is 10.1 Å². The van der Waals surface area contributed by atoms with Gasteiger partial charge in [-0.15, -0.1) is 0 Å². The van der Waals surface area contributed by atoms with E-state index in [0.29, 0.717) is 34.0 Å². The topological polar surface area (TPSA) is 80.5 Å². The van der Waals surface area contributed by atoms with Gasteiger partial charge in [0.05, 0.1) is 22.8 Å². The van der Waals surface area contributed by atoms with Gasteiger partial charge in [-0.3, -0.25) is 0 Å². The van der Waals surface area contributed by atoms with Crippen LogP contribution in [0, 0.1) is 0 Å². The van der Waals surface area contributed by atoms with Gasteiger partial charge in [-0.05, 0) is 49.2 Å². The van der Waals surface area contributed by atoms with E-state index >= 15 is 0 Å². The molecule has 2 amide bonds. The van der Waals surface area contributed by atoms with Gasteiger partial charge in [0.25, 0.3) is 0 Å². The number of ether oxygens (including phenoxy) is 1. The molecule has 1 unspecified atom stereocenters. The number of hydrogen-bond acceptors (Lipinski definition) is 5. The standard InChI is InChI=1S/C20H18Cl2N4O3/c1-28-13-9-7-12(8-10-13)18-24-19(29-25-18)16-6-3-11-26(16)20(27)23-15-5-2-4-14(21)17(15)22/h2,4-5,7-10,16H,3,6,11H2,1H3,(H,23,27). The Kier molecular flexibility index (Phi) is 5.60. The van der Waals surface area contributed by atoms with Crippen LogP contribution in [0.1, 0.15) is 24.8 Å². The van der Waals surface area contributed by atoms with Crippen LogP contribution in [-0.4, -0.2) is 34.7 Å². The molecule has 0 bridgehead atoms. The number of anilines is 1. The van der Waals surface area contributed by atoms with Crippen LogP contribution in [0.5, 0.6) is 5.75 Å². The normalized spacial score (nSPS) is 16.1. The Bertz CT molecular complexity index is 1020. The summed E-state index contributed by atoms with van der Waals surface area (Å²) in [7, 11) is 1.61. The average Bonchev–Trinajstić information content (AvgIpc) is 3.41. The summed E-state index contributed by atoms with van der Waals surface area (Å²) in [6, 6.07) is 11.9. The first-order chi connectivity index (χ1) is 14.1. The van der Waals surface area contributed by atoms with Crippen LogP contribution in [-0.2, 0) is 0 Å². The molecule has 0 radical (unpaired) electrons. The lowest BCUT2D eigenvalue weighted by atomic mass is 10.2. The highest BCUT2D eigenvalue weighted by atomic mass is 35.5. The maximum absolute atomic E-state index is 12.8. The third-order valence-corrected chi connectivity index (χ3v) is 5.60. The monoisotopic (exact) mass is 432 g/mol. The van der Waals surface area contributed by atoms with Crippen molar-refractivity contribution in [1.29, 1.82) is 0 Å². The lowest BCUT2D eigenvalue weighted by molar-refractivity contribution is 0.193. The number of carbonyl (C=O) groups excluding carboxylic acids is 1. The number of aromatic nitrogens is 2. The molecule has 1 fully saturated rings. The maximum atomic E-state index is 12.8. The second-order valence-electron chi connectivity index (χ2n) is 6.57. The van der Waals surface area contributed by atoms with Gasteiger partial charge >= 0.3 is 6.03 Å². The first kappa shape index (κ1) is 19.5. The van der Waals surface area contributed by atoms with Crippen LogP contribution in [0.2, 0.25) is 10.0 Å². The molecule has 0 aliphatic carbocycles. The first-order valence-electron chi connectivity index (χ1n) is 9.06. The Morgan fingerprint density at radius 1 is 1.24 bits per heavy atom. The molecule has 7 nitrogen and oxygen atoms in total. The zero-order valence-electron chi connectivity index (χ0n) is 15.6. The summed E-state index contributed by atoms with van der Waals surface area (Å²) in [6.45, 7) is 0.578. The Hall–Kier alpha value is -2.77. The van der Waals surface area contributed by atoms with Crippen molar-refractivity contribution >= 4 is 34.9 Å². The van der Waals surface area contributed by atoms with Crippen molar-refractivity contribution in [3.63, 3.8) is 0 Å². The third-order valence-electron chi connectivity index (χ3n) is 4.78. The summed E-state index contributed by atoms with van der Waals surface area (Å²) in [5.74, 6) is 1.62. The molecule has 2 heterocycles. The summed E-state index contributed by atoms with van der Waals surface area (Å²) in [5, 5.41) is 7.56. The SMILES string of the molecule is COc1ccc(-c2noc(C3CCCN3C(=O)Nc3cccc(Cl)c3Cl)n2)cc1. The third kappa shape index (κ3) is 4.02. The van der Waals surface area contributed by atoms with Crippen LogP contribution in [0.4, 0.5) is 10.5 Å². The highest BCUT2D eigenvalue weighted by Gasteiger charge is 2.34. The molecule has 1 aliphatic rings. The number of rotatable bonds is 4. The molecular formula is C20H18Cl2N4O3. The highest BCUT2D eigenvalue weighted by molar-refractivity contribution is 6.43. The van der Waals surface area contributed by atoms with Crippen LogP contribution >= 0.6 is 23.2 Å². The lowest BCUT2D eigenvalue weighted by Gasteiger charge is -2.22. The Morgan fingerprint density at radius 2 is 2.03 bits per heavy atom. The molecule has 0 saturated carbocycles. The van der Waals surface area contributed by atoms with E-state index in [4.69, 9.17) is 32.5 Å². The fraction of sp³-hybridized carbons (Fsp3) is 0.250.